The van der Waals surface area contributed by atoms with Crippen LogP contribution in [0.15, 0.2) is 53.7 Å². The molecular formula is C29H36N2O2. The molecule has 2 aliphatic rings. The molecule has 1 heterocycles. The Hall–Kier alpha value is -2.88. The molecule has 0 spiro atoms. The predicted molar refractivity (Wildman–Crippen MR) is 136 cm³/mol. The second-order valence-electron chi connectivity index (χ2n) is 10.3. The first-order valence-corrected chi connectivity index (χ1v) is 12.2. The van der Waals surface area contributed by atoms with Gasteiger partial charge in [0.2, 0.25) is 5.91 Å². The fraction of sp³-hybridized carbons (Fsp3) is 0.448. The third-order valence-electron chi connectivity index (χ3n) is 7.17. The van der Waals surface area contributed by atoms with E-state index < -0.39 is 0 Å². The lowest BCUT2D eigenvalue weighted by molar-refractivity contribution is -0.121. The summed E-state index contributed by atoms with van der Waals surface area (Å²) in [5.41, 5.74) is 6.88. The van der Waals surface area contributed by atoms with E-state index in [1.807, 2.05) is 18.7 Å². The standard InChI is InChI=1S/C29H36N2O2/c1-7-30(8-2)22-13-11-21(12-14-22)23-16-27(33)31(24-15-19(3)9-10-20(24)4)25-17-29(5,6)18-26(32)28(23)25/h9-15,23H,7-8,16-18H2,1-6H3. The summed E-state index contributed by atoms with van der Waals surface area (Å²) in [4.78, 5) is 31.3. The summed E-state index contributed by atoms with van der Waals surface area (Å²) in [5.74, 6) is 0.0795. The number of anilines is 2. The van der Waals surface area contributed by atoms with Crippen LogP contribution in [0.25, 0.3) is 0 Å². The van der Waals surface area contributed by atoms with E-state index in [9.17, 15) is 9.59 Å². The average Bonchev–Trinajstić information content (AvgIpc) is 2.75. The van der Waals surface area contributed by atoms with Gasteiger partial charge in [0.15, 0.2) is 5.78 Å². The average molecular weight is 445 g/mol. The van der Waals surface area contributed by atoms with Crippen LogP contribution in [-0.4, -0.2) is 24.8 Å². The first kappa shape index (κ1) is 23.3. The molecular weight excluding hydrogens is 408 g/mol. The first-order chi connectivity index (χ1) is 15.6. The molecule has 0 saturated heterocycles. The third-order valence-corrected chi connectivity index (χ3v) is 7.17. The molecule has 0 saturated carbocycles. The number of amides is 1. The van der Waals surface area contributed by atoms with E-state index in [1.165, 1.54) is 5.69 Å². The van der Waals surface area contributed by atoms with Crippen molar-refractivity contribution in [2.75, 3.05) is 22.9 Å². The van der Waals surface area contributed by atoms with Gasteiger partial charge < -0.3 is 4.90 Å². The second kappa shape index (κ2) is 8.81. The summed E-state index contributed by atoms with van der Waals surface area (Å²) >= 11 is 0. The van der Waals surface area contributed by atoms with Crippen molar-refractivity contribution >= 4 is 23.1 Å². The molecule has 0 N–H and O–H groups in total. The van der Waals surface area contributed by atoms with Crippen LogP contribution in [0.4, 0.5) is 11.4 Å². The number of allylic oxidation sites excluding steroid dienone is 2. The summed E-state index contributed by atoms with van der Waals surface area (Å²) < 4.78 is 0. The van der Waals surface area contributed by atoms with E-state index in [0.717, 1.165) is 53.2 Å². The highest BCUT2D eigenvalue weighted by atomic mass is 16.2. The first-order valence-electron chi connectivity index (χ1n) is 12.2. The van der Waals surface area contributed by atoms with Crippen molar-refractivity contribution in [1.82, 2.24) is 0 Å². The molecule has 1 unspecified atom stereocenters. The highest BCUT2D eigenvalue weighted by Gasteiger charge is 2.44. The molecule has 4 heteroatoms. The van der Waals surface area contributed by atoms with Gasteiger partial charge in [-0.1, -0.05) is 38.1 Å². The van der Waals surface area contributed by atoms with Crippen LogP contribution in [-0.2, 0) is 9.59 Å². The number of nitrogens with zero attached hydrogens (tertiary/aromatic N) is 2. The van der Waals surface area contributed by atoms with E-state index >= 15 is 0 Å². The quantitative estimate of drug-likeness (QED) is 0.542. The monoisotopic (exact) mass is 444 g/mol. The minimum absolute atomic E-state index is 0.0748. The molecule has 1 atom stereocenters. The molecule has 1 aliphatic carbocycles. The summed E-state index contributed by atoms with van der Waals surface area (Å²) in [7, 11) is 0. The van der Waals surface area contributed by atoms with Gasteiger partial charge in [0.05, 0.1) is 5.69 Å². The number of hydrogen-bond acceptors (Lipinski definition) is 3. The molecule has 4 nitrogen and oxygen atoms in total. The van der Waals surface area contributed by atoms with Crippen molar-refractivity contribution in [1.29, 1.82) is 0 Å². The fourth-order valence-corrected chi connectivity index (χ4v) is 5.45. The highest BCUT2D eigenvalue weighted by Crippen LogP contribution is 2.48. The smallest absolute Gasteiger partial charge is 0.232 e. The summed E-state index contributed by atoms with van der Waals surface area (Å²) in [5, 5.41) is 0. The van der Waals surface area contributed by atoms with Gasteiger partial charge in [0.25, 0.3) is 0 Å². The van der Waals surface area contributed by atoms with Crippen molar-refractivity contribution in [3.63, 3.8) is 0 Å². The number of ketones is 1. The molecule has 0 radical (unpaired) electrons. The van der Waals surface area contributed by atoms with Crippen molar-refractivity contribution < 1.29 is 9.59 Å². The van der Waals surface area contributed by atoms with Gasteiger partial charge in [0.1, 0.15) is 0 Å². The number of aryl methyl sites for hydroxylation is 2. The molecule has 1 amide bonds. The summed E-state index contributed by atoms with van der Waals surface area (Å²) in [6, 6.07) is 14.7. The van der Waals surface area contributed by atoms with Crippen molar-refractivity contribution in [2.45, 2.75) is 66.7 Å². The maximum absolute atomic E-state index is 13.7. The number of carbonyl (C=O) groups is 2. The Morgan fingerprint density at radius 1 is 0.970 bits per heavy atom. The molecule has 0 bridgehead atoms. The number of rotatable bonds is 5. The van der Waals surface area contributed by atoms with E-state index in [1.54, 1.807) is 0 Å². The van der Waals surface area contributed by atoms with E-state index in [-0.39, 0.29) is 23.0 Å². The molecule has 2 aromatic rings. The third kappa shape index (κ3) is 4.36. The maximum atomic E-state index is 13.7. The van der Waals surface area contributed by atoms with Crippen LogP contribution in [0, 0.1) is 19.3 Å². The zero-order chi connectivity index (χ0) is 23.9. The van der Waals surface area contributed by atoms with Crippen molar-refractivity contribution in [2.24, 2.45) is 5.41 Å². The predicted octanol–water partition coefficient (Wildman–Crippen LogP) is 6.31. The number of Topliss-reactive ketones (excluding diaryl/α,β-unsaturated/α-hetero) is 1. The Labute approximate surface area is 198 Å². The Kier molecular flexibility index (Phi) is 6.22. The van der Waals surface area contributed by atoms with E-state index in [0.29, 0.717) is 12.8 Å². The van der Waals surface area contributed by atoms with Crippen molar-refractivity contribution in [3.8, 4) is 0 Å². The largest absolute Gasteiger partial charge is 0.372 e. The topological polar surface area (TPSA) is 40.6 Å². The van der Waals surface area contributed by atoms with Gasteiger partial charge in [-0.2, -0.15) is 0 Å². The van der Waals surface area contributed by atoms with Gasteiger partial charge in [-0.05, 0) is 74.4 Å². The number of carbonyl (C=O) groups excluding carboxylic acids is 2. The van der Waals surface area contributed by atoms with E-state index in [2.05, 4.69) is 75.1 Å². The number of hydrogen-bond donors (Lipinski definition) is 0. The Morgan fingerprint density at radius 2 is 1.64 bits per heavy atom. The van der Waals surface area contributed by atoms with Crippen molar-refractivity contribution in [3.05, 3.63) is 70.4 Å². The lowest BCUT2D eigenvalue weighted by Gasteiger charge is -2.43. The van der Waals surface area contributed by atoms with Crippen LogP contribution >= 0.6 is 0 Å². The molecule has 174 valence electrons. The minimum atomic E-state index is -0.178. The van der Waals surface area contributed by atoms with Gasteiger partial charge in [-0.15, -0.1) is 0 Å². The molecule has 0 fully saturated rings. The zero-order valence-electron chi connectivity index (χ0n) is 20.9. The summed E-state index contributed by atoms with van der Waals surface area (Å²) in [6.45, 7) is 14.5. The zero-order valence-corrected chi connectivity index (χ0v) is 20.9. The second-order valence-corrected chi connectivity index (χ2v) is 10.3. The van der Waals surface area contributed by atoms with Gasteiger partial charge >= 0.3 is 0 Å². The molecule has 33 heavy (non-hydrogen) atoms. The lowest BCUT2D eigenvalue weighted by Crippen LogP contribution is -2.44. The van der Waals surface area contributed by atoms with E-state index in [4.69, 9.17) is 0 Å². The fourth-order valence-electron chi connectivity index (χ4n) is 5.45. The summed E-state index contributed by atoms with van der Waals surface area (Å²) in [6.07, 6.45) is 1.57. The molecule has 2 aromatic carbocycles. The van der Waals surface area contributed by atoms with Crippen LogP contribution in [0.1, 0.15) is 69.6 Å². The molecule has 0 aromatic heterocycles. The number of benzene rings is 2. The highest BCUT2D eigenvalue weighted by molar-refractivity contribution is 6.08. The Balaban J connectivity index is 1.84. The van der Waals surface area contributed by atoms with Crippen LogP contribution in [0.3, 0.4) is 0 Å². The minimum Gasteiger partial charge on any atom is -0.372 e. The van der Waals surface area contributed by atoms with Crippen LogP contribution in [0.2, 0.25) is 0 Å². The Bertz CT molecular complexity index is 1110. The van der Waals surface area contributed by atoms with Gasteiger partial charge in [-0.3, -0.25) is 14.5 Å². The molecule has 4 rings (SSSR count). The Morgan fingerprint density at radius 3 is 2.27 bits per heavy atom. The lowest BCUT2D eigenvalue weighted by atomic mass is 9.69. The van der Waals surface area contributed by atoms with Gasteiger partial charge in [-0.25, -0.2) is 0 Å². The maximum Gasteiger partial charge on any atom is 0.232 e. The molecule has 1 aliphatic heterocycles. The SMILES string of the molecule is CCN(CC)c1ccc(C2CC(=O)N(c3cc(C)ccc3C)C3=C2C(=O)CC(C)(C)C3)cc1. The van der Waals surface area contributed by atoms with Gasteiger partial charge in [0, 0.05) is 48.8 Å². The van der Waals surface area contributed by atoms with Crippen LogP contribution < -0.4 is 9.80 Å². The van der Waals surface area contributed by atoms with Crippen LogP contribution in [0.5, 0.6) is 0 Å². The normalized spacial score (nSPS) is 20.2.